The molecule has 0 unspecified atom stereocenters. The van der Waals surface area contributed by atoms with Crippen molar-refractivity contribution in [2.24, 2.45) is 32.9 Å². The van der Waals surface area contributed by atoms with Crippen LogP contribution in [0.15, 0.2) is 28.4 Å². The van der Waals surface area contributed by atoms with Crippen LogP contribution >= 0.6 is 0 Å². The fourth-order valence-corrected chi connectivity index (χ4v) is 8.28. The lowest BCUT2D eigenvalue weighted by atomic mass is 9.37. The summed E-state index contributed by atoms with van der Waals surface area (Å²) < 4.78 is 0. The van der Waals surface area contributed by atoms with Gasteiger partial charge in [-0.05, 0) is 62.7 Å². The standard InChI is InChI=1S/C21H29N3O2/c1-19-8-4-13-12-15-14(17(25)26)5-10-21(15,19)20(13)7-3-11-24(18(22)23-2)16(20)6-9-19/h3,11,13,16H,4-10,12H2,1-2H3,(H2,22,23)(H,25,26)/t13-,16-,19+,20+,21-/m1/s1. The van der Waals surface area contributed by atoms with Crippen LogP contribution < -0.4 is 5.73 Å². The molecule has 2 spiro atoms. The Hall–Kier alpha value is -1.78. The summed E-state index contributed by atoms with van der Waals surface area (Å²) in [6.07, 6.45) is 12.9. The van der Waals surface area contributed by atoms with Crippen LogP contribution in [0.2, 0.25) is 0 Å². The summed E-state index contributed by atoms with van der Waals surface area (Å²) in [5.74, 6) is 0.483. The summed E-state index contributed by atoms with van der Waals surface area (Å²) in [6.45, 7) is 2.46. The van der Waals surface area contributed by atoms with Crippen molar-refractivity contribution < 1.29 is 9.90 Å². The largest absolute Gasteiger partial charge is 0.478 e. The molecular formula is C21H29N3O2. The van der Waals surface area contributed by atoms with Gasteiger partial charge in [-0.3, -0.25) is 4.99 Å². The van der Waals surface area contributed by atoms with Gasteiger partial charge in [0.25, 0.3) is 0 Å². The second-order valence-corrected chi connectivity index (χ2v) is 9.34. The summed E-state index contributed by atoms with van der Waals surface area (Å²) in [5, 5.41) is 9.87. The van der Waals surface area contributed by atoms with E-state index >= 15 is 0 Å². The second-order valence-electron chi connectivity index (χ2n) is 9.34. The van der Waals surface area contributed by atoms with Crippen LogP contribution in [0.3, 0.4) is 0 Å². The van der Waals surface area contributed by atoms with Crippen LogP contribution in [0.5, 0.6) is 0 Å². The van der Waals surface area contributed by atoms with Gasteiger partial charge in [0.2, 0.25) is 0 Å². The van der Waals surface area contributed by atoms with Gasteiger partial charge in [0.05, 0.1) is 0 Å². The monoisotopic (exact) mass is 355 g/mol. The van der Waals surface area contributed by atoms with Crippen LogP contribution in [-0.2, 0) is 4.79 Å². The normalized spacial score (nSPS) is 46.4. The zero-order valence-corrected chi connectivity index (χ0v) is 15.8. The van der Waals surface area contributed by atoms with E-state index in [-0.39, 0.29) is 16.2 Å². The molecule has 3 saturated carbocycles. The van der Waals surface area contributed by atoms with E-state index < -0.39 is 5.97 Å². The molecule has 1 heterocycles. The van der Waals surface area contributed by atoms with E-state index in [0.29, 0.717) is 17.9 Å². The van der Waals surface area contributed by atoms with E-state index in [1.54, 1.807) is 7.05 Å². The molecule has 4 bridgehead atoms. The van der Waals surface area contributed by atoms with Gasteiger partial charge in [-0.15, -0.1) is 0 Å². The van der Waals surface area contributed by atoms with Crippen LogP contribution in [0.1, 0.15) is 58.3 Å². The maximum Gasteiger partial charge on any atom is 0.331 e. The van der Waals surface area contributed by atoms with Gasteiger partial charge in [-0.2, -0.15) is 0 Å². The Morgan fingerprint density at radius 2 is 2.12 bits per heavy atom. The average Bonchev–Trinajstić information content (AvgIpc) is 3.08. The number of carboxylic acid groups (broad SMARTS) is 1. The van der Waals surface area contributed by atoms with Crippen molar-refractivity contribution in [1.82, 2.24) is 4.90 Å². The van der Waals surface area contributed by atoms with Crippen molar-refractivity contribution >= 4 is 11.9 Å². The van der Waals surface area contributed by atoms with Crippen LogP contribution in [-0.4, -0.2) is 35.0 Å². The minimum absolute atomic E-state index is 0.0383. The number of guanidine groups is 1. The SMILES string of the molecule is CN=C(N)N1C=CC[C@]23[C@@H]4CC[C@@](C)(CC[C@@H]12)[C@]31CCC(C(=O)O)=C1C4. The number of hydrogen-bond donors (Lipinski definition) is 2. The molecule has 3 fully saturated rings. The minimum atomic E-state index is -0.683. The number of rotatable bonds is 1. The maximum absolute atomic E-state index is 12.0. The zero-order chi connectivity index (χ0) is 18.3. The third-order valence-electron chi connectivity index (χ3n) is 9.05. The van der Waals surface area contributed by atoms with Crippen molar-refractivity contribution in [3.63, 3.8) is 0 Å². The second kappa shape index (κ2) is 4.93. The van der Waals surface area contributed by atoms with Crippen molar-refractivity contribution in [3.05, 3.63) is 23.4 Å². The van der Waals surface area contributed by atoms with E-state index in [9.17, 15) is 9.90 Å². The molecule has 5 rings (SSSR count). The predicted molar refractivity (Wildman–Crippen MR) is 100 cm³/mol. The first-order chi connectivity index (χ1) is 12.4. The fourth-order valence-electron chi connectivity index (χ4n) is 8.28. The molecule has 3 N–H and O–H groups in total. The van der Waals surface area contributed by atoms with Crippen LogP contribution in [0.25, 0.3) is 0 Å². The predicted octanol–water partition coefficient (Wildman–Crippen LogP) is 3.28. The Morgan fingerprint density at radius 3 is 2.85 bits per heavy atom. The zero-order valence-electron chi connectivity index (χ0n) is 15.8. The van der Waals surface area contributed by atoms with Gasteiger partial charge >= 0.3 is 5.97 Å². The van der Waals surface area contributed by atoms with E-state index in [2.05, 4.69) is 29.1 Å². The van der Waals surface area contributed by atoms with Crippen molar-refractivity contribution in [1.29, 1.82) is 0 Å². The molecule has 0 aromatic carbocycles. The van der Waals surface area contributed by atoms with E-state index in [4.69, 9.17) is 5.73 Å². The smallest absolute Gasteiger partial charge is 0.331 e. The van der Waals surface area contributed by atoms with Crippen molar-refractivity contribution in [2.75, 3.05) is 7.05 Å². The molecule has 0 aromatic rings. The molecule has 4 aliphatic carbocycles. The van der Waals surface area contributed by atoms with Gasteiger partial charge in [0.1, 0.15) is 0 Å². The molecule has 0 saturated heterocycles. The van der Waals surface area contributed by atoms with Crippen LogP contribution in [0.4, 0.5) is 0 Å². The van der Waals surface area contributed by atoms with Gasteiger partial charge in [-0.1, -0.05) is 18.6 Å². The van der Waals surface area contributed by atoms with Crippen molar-refractivity contribution in [2.45, 2.75) is 64.3 Å². The van der Waals surface area contributed by atoms with E-state index in [1.807, 2.05) is 0 Å². The summed E-state index contributed by atoms with van der Waals surface area (Å²) >= 11 is 0. The molecule has 1 aliphatic heterocycles. The molecular weight excluding hydrogens is 326 g/mol. The first kappa shape index (κ1) is 16.4. The number of nitrogens with two attached hydrogens (primary N) is 1. The topological polar surface area (TPSA) is 78.9 Å². The van der Waals surface area contributed by atoms with Gasteiger partial charge in [-0.25, -0.2) is 4.79 Å². The third-order valence-corrected chi connectivity index (χ3v) is 9.05. The molecule has 0 amide bonds. The van der Waals surface area contributed by atoms with E-state index in [1.165, 1.54) is 18.4 Å². The number of nitrogens with zero attached hydrogens (tertiary/aromatic N) is 2. The van der Waals surface area contributed by atoms with Gasteiger partial charge < -0.3 is 15.7 Å². The molecule has 0 radical (unpaired) electrons. The summed E-state index contributed by atoms with van der Waals surface area (Å²) in [6, 6.07) is 0.347. The molecule has 5 aliphatic rings. The Bertz CT molecular complexity index is 784. The molecule has 140 valence electrons. The first-order valence-corrected chi connectivity index (χ1v) is 10.0. The minimum Gasteiger partial charge on any atom is -0.478 e. The fraction of sp³-hybridized carbons (Fsp3) is 0.714. The number of aliphatic imine (C=N–C) groups is 1. The highest BCUT2D eigenvalue weighted by molar-refractivity contribution is 5.89. The molecule has 5 heteroatoms. The van der Waals surface area contributed by atoms with Gasteiger partial charge in [0.15, 0.2) is 5.96 Å². The first-order valence-electron chi connectivity index (χ1n) is 10.0. The lowest BCUT2D eigenvalue weighted by Crippen LogP contribution is -2.68. The summed E-state index contributed by atoms with van der Waals surface area (Å²) in [4.78, 5) is 18.5. The van der Waals surface area contributed by atoms with Crippen LogP contribution in [0, 0.1) is 22.2 Å². The Balaban J connectivity index is 1.77. The quantitative estimate of drug-likeness (QED) is 0.559. The molecule has 5 nitrogen and oxygen atoms in total. The molecule has 0 aromatic heterocycles. The highest BCUT2D eigenvalue weighted by atomic mass is 16.4. The van der Waals surface area contributed by atoms with E-state index in [0.717, 1.165) is 44.1 Å². The Morgan fingerprint density at radius 1 is 1.35 bits per heavy atom. The number of carboxylic acids is 1. The van der Waals surface area contributed by atoms with Gasteiger partial charge in [0, 0.05) is 35.7 Å². The Kier molecular flexibility index (Phi) is 3.11. The number of carbonyl (C=O) groups is 1. The highest BCUT2D eigenvalue weighted by Gasteiger charge is 2.77. The maximum atomic E-state index is 12.0. The average molecular weight is 355 g/mol. The highest BCUT2D eigenvalue weighted by Crippen LogP contribution is 2.82. The molecule has 26 heavy (non-hydrogen) atoms. The third kappa shape index (κ3) is 1.52. The number of allylic oxidation sites excluding steroid dienone is 2. The lowest BCUT2D eigenvalue weighted by molar-refractivity contribution is -0.170. The molecule has 5 atom stereocenters. The number of aliphatic carboxylic acids is 1. The number of hydrogen-bond acceptors (Lipinski definition) is 2. The Labute approximate surface area is 155 Å². The summed E-state index contributed by atoms with van der Waals surface area (Å²) in [7, 11) is 1.76. The summed E-state index contributed by atoms with van der Waals surface area (Å²) in [5.41, 5.74) is 8.71. The van der Waals surface area contributed by atoms with Crippen molar-refractivity contribution in [3.8, 4) is 0 Å². The lowest BCUT2D eigenvalue weighted by Gasteiger charge is -2.69.